The fraction of sp³-hybridized carbons (Fsp3) is 0.273. The van der Waals surface area contributed by atoms with Gasteiger partial charge in [0.1, 0.15) is 0 Å². The van der Waals surface area contributed by atoms with Crippen LogP contribution in [0.15, 0.2) is 46.9 Å². The molecule has 0 amide bonds. The largest absolute Gasteiger partial charge is 0.291 e. The predicted octanol–water partition coefficient (Wildman–Crippen LogP) is 2.08. The summed E-state index contributed by atoms with van der Waals surface area (Å²) in [6, 6.07) is 0. The van der Waals surface area contributed by atoms with E-state index in [0.717, 1.165) is 5.57 Å². The molecule has 2 aliphatic rings. The van der Waals surface area contributed by atoms with Crippen LogP contribution >= 0.6 is 0 Å². The molecule has 0 heterocycles. The van der Waals surface area contributed by atoms with Gasteiger partial charge in [0, 0.05) is 11.8 Å². The summed E-state index contributed by atoms with van der Waals surface area (Å²) >= 11 is 0. The van der Waals surface area contributed by atoms with Gasteiger partial charge in [-0.1, -0.05) is 36.0 Å². The number of hydrogen-bond donors (Lipinski definition) is 1. The van der Waals surface area contributed by atoms with Gasteiger partial charge < -0.3 is 0 Å². The Hall–Kier alpha value is -1.13. The van der Waals surface area contributed by atoms with E-state index in [1.54, 1.807) is 18.2 Å². The summed E-state index contributed by atoms with van der Waals surface area (Å²) < 4.78 is 31.4. The van der Waals surface area contributed by atoms with E-state index >= 15 is 0 Å². The highest BCUT2D eigenvalue weighted by Crippen LogP contribution is 2.37. The molecule has 1 N–H and O–H groups in total. The third-order valence-electron chi connectivity index (χ3n) is 2.80. The zero-order chi connectivity index (χ0) is 11.1. The second-order valence-electron chi connectivity index (χ2n) is 3.78. The molecule has 0 fully saturated rings. The Morgan fingerprint density at radius 2 is 1.73 bits per heavy atom. The summed E-state index contributed by atoms with van der Waals surface area (Å²) in [5.74, 6) is -0.202. The van der Waals surface area contributed by atoms with Gasteiger partial charge in [0.15, 0.2) is 0 Å². The van der Waals surface area contributed by atoms with Crippen molar-refractivity contribution in [3.8, 4) is 0 Å². The normalized spacial score (nSPS) is 29.5. The Balaban J connectivity index is 2.51. The fourth-order valence-electron chi connectivity index (χ4n) is 2.01. The Bertz CT molecular complexity index is 492. The lowest BCUT2D eigenvalue weighted by molar-refractivity contribution is 0.478. The molecule has 0 aromatic rings. The van der Waals surface area contributed by atoms with Crippen LogP contribution in [0.1, 0.15) is 6.92 Å². The first-order valence-corrected chi connectivity index (χ1v) is 6.15. The van der Waals surface area contributed by atoms with Crippen LogP contribution in [-0.4, -0.2) is 13.0 Å². The Morgan fingerprint density at radius 1 is 1.13 bits per heavy atom. The lowest BCUT2D eigenvalue weighted by Gasteiger charge is -2.28. The molecule has 0 saturated carbocycles. The summed E-state index contributed by atoms with van der Waals surface area (Å²) in [5, 5.41) is 0. The molecular weight excluding hydrogens is 212 g/mol. The highest BCUT2D eigenvalue weighted by atomic mass is 32.2. The summed E-state index contributed by atoms with van der Waals surface area (Å²) in [7, 11) is -4.09. The first kappa shape index (κ1) is 10.4. The van der Waals surface area contributed by atoms with E-state index in [4.69, 9.17) is 4.55 Å². The molecule has 0 aliphatic heterocycles. The van der Waals surface area contributed by atoms with Crippen molar-refractivity contribution < 1.29 is 13.0 Å². The summed E-state index contributed by atoms with van der Waals surface area (Å²) in [6.45, 7) is 1.96. The lowest BCUT2D eigenvalue weighted by Crippen LogP contribution is -2.23. The molecule has 2 atom stereocenters. The summed E-state index contributed by atoms with van der Waals surface area (Å²) in [5.41, 5.74) is 1.10. The number of rotatable bonds is 1. The van der Waals surface area contributed by atoms with Gasteiger partial charge >= 0.3 is 0 Å². The molecule has 15 heavy (non-hydrogen) atoms. The summed E-state index contributed by atoms with van der Waals surface area (Å²) in [6.07, 6.45) is 10.7. The summed E-state index contributed by atoms with van der Waals surface area (Å²) in [4.78, 5) is 0.0821. The average Bonchev–Trinajstić information content (AvgIpc) is 2.17. The molecule has 0 aromatic heterocycles. The van der Waals surface area contributed by atoms with Crippen LogP contribution in [0.2, 0.25) is 0 Å². The molecule has 0 aromatic carbocycles. The molecular formula is C11H12O3S. The van der Waals surface area contributed by atoms with Crippen molar-refractivity contribution in [3.63, 3.8) is 0 Å². The Morgan fingerprint density at radius 3 is 2.33 bits per heavy atom. The first-order valence-electron chi connectivity index (χ1n) is 4.71. The van der Waals surface area contributed by atoms with Crippen molar-refractivity contribution >= 4 is 10.1 Å². The van der Waals surface area contributed by atoms with Crippen LogP contribution in [0.4, 0.5) is 0 Å². The van der Waals surface area contributed by atoms with Crippen LogP contribution in [0, 0.1) is 11.8 Å². The van der Waals surface area contributed by atoms with Gasteiger partial charge in [-0.2, -0.15) is 8.42 Å². The van der Waals surface area contributed by atoms with Crippen molar-refractivity contribution in [2.24, 2.45) is 11.8 Å². The van der Waals surface area contributed by atoms with Crippen molar-refractivity contribution in [2.45, 2.75) is 6.92 Å². The fourth-order valence-corrected chi connectivity index (χ4v) is 2.82. The minimum Gasteiger partial charge on any atom is -0.282 e. The van der Waals surface area contributed by atoms with E-state index in [0.29, 0.717) is 0 Å². The third kappa shape index (κ3) is 1.82. The van der Waals surface area contributed by atoms with Crippen LogP contribution in [0.3, 0.4) is 0 Å². The lowest BCUT2D eigenvalue weighted by atomic mass is 9.80. The van der Waals surface area contributed by atoms with E-state index < -0.39 is 10.1 Å². The molecule has 0 saturated heterocycles. The third-order valence-corrected chi connectivity index (χ3v) is 3.80. The molecule has 2 unspecified atom stereocenters. The Labute approximate surface area is 89.2 Å². The van der Waals surface area contributed by atoms with E-state index in [1.807, 2.05) is 19.1 Å². The van der Waals surface area contributed by atoms with Gasteiger partial charge in [-0.15, -0.1) is 0 Å². The van der Waals surface area contributed by atoms with Crippen molar-refractivity contribution in [2.75, 3.05) is 0 Å². The number of hydrogen-bond acceptors (Lipinski definition) is 2. The van der Waals surface area contributed by atoms with Gasteiger partial charge in [-0.3, -0.25) is 4.55 Å². The first-order chi connectivity index (χ1) is 7.00. The minimum absolute atomic E-state index is 0.0527. The average molecular weight is 224 g/mol. The molecule has 0 radical (unpaired) electrons. The second-order valence-corrected chi connectivity index (χ2v) is 5.20. The van der Waals surface area contributed by atoms with E-state index in [2.05, 4.69) is 0 Å². The van der Waals surface area contributed by atoms with Crippen LogP contribution in [-0.2, 0) is 10.1 Å². The minimum atomic E-state index is -4.09. The number of fused-ring (bicyclic) bond motifs is 1. The quantitative estimate of drug-likeness (QED) is 0.694. The topological polar surface area (TPSA) is 54.4 Å². The molecule has 4 heteroatoms. The maximum Gasteiger partial charge on any atom is 0.291 e. The maximum absolute atomic E-state index is 11.1. The molecule has 80 valence electrons. The standard InChI is InChI=1S/C11H12O3S/c1-8-6-7-11(15(12,13)14)10-5-3-2-4-9(8)10/h2-7,9-10H,1H3,(H,12,13,14). The van der Waals surface area contributed by atoms with Gasteiger partial charge in [0.2, 0.25) is 0 Å². The van der Waals surface area contributed by atoms with E-state index in [1.165, 1.54) is 6.08 Å². The van der Waals surface area contributed by atoms with Gasteiger partial charge in [0.25, 0.3) is 10.1 Å². The SMILES string of the molecule is CC1=CC=C(S(=O)(=O)O)C2C=CC=CC12. The van der Waals surface area contributed by atoms with Crippen LogP contribution in [0.5, 0.6) is 0 Å². The van der Waals surface area contributed by atoms with Crippen LogP contribution < -0.4 is 0 Å². The highest BCUT2D eigenvalue weighted by molar-refractivity contribution is 7.89. The maximum atomic E-state index is 11.1. The van der Waals surface area contributed by atoms with Gasteiger partial charge in [-0.25, -0.2) is 0 Å². The predicted molar refractivity (Wildman–Crippen MR) is 58.6 cm³/mol. The van der Waals surface area contributed by atoms with Gasteiger partial charge in [0.05, 0.1) is 4.91 Å². The van der Waals surface area contributed by atoms with Crippen molar-refractivity contribution in [3.05, 3.63) is 46.9 Å². The molecule has 0 spiro atoms. The van der Waals surface area contributed by atoms with Gasteiger partial charge in [-0.05, 0) is 13.0 Å². The smallest absolute Gasteiger partial charge is 0.282 e. The number of allylic oxidation sites excluding steroid dienone is 8. The molecule has 2 aliphatic carbocycles. The van der Waals surface area contributed by atoms with Crippen molar-refractivity contribution in [1.29, 1.82) is 0 Å². The molecule has 3 nitrogen and oxygen atoms in total. The monoisotopic (exact) mass is 224 g/mol. The zero-order valence-corrected chi connectivity index (χ0v) is 9.11. The van der Waals surface area contributed by atoms with E-state index in [9.17, 15) is 8.42 Å². The molecule has 0 bridgehead atoms. The highest BCUT2D eigenvalue weighted by Gasteiger charge is 2.32. The zero-order valence-electron chi connectivity index (χ0n) is 8.29. The van der Waals surface area contributed by atoms with E-state index in [-0.39, 0.29) is 16.7 Å². The van der Waals surface area contributed by atoms with Crippen LogP contribution in [0.25, 0.3) is 0 Å². The van der Waals surface area contributed by atoms with Crippen molar-refractivity contribution in [1.82, 2.24) is 0 Å². The Kier molecular flexibility index (Phi) is 2.40. The molecule has 2 rings (SSSR count). The second kappa shape index (κ2) is 3.47.